The molecule has 0 saturated heterocycles. The maximum absolute atomic E-state index is 11.6. The van der Waals surface area contributed by atoms with Crippen LogP contribution in [-0.2, 0) is 28.8 Å². The molecular weight excluding hydrogens is 727 g/mol. The third-order valence-electron chi connectivity index (χ3n) is 7.24. The molecule has 0 unspecified atom stereocenters. The molecule has 0 spiro atoms. The Morgan fingerprint density at radius 2 is 0.478 bits per heavy atom. The van der Waals surface area contributed by atoms with Crippen molar-refractivity contribution in [3.05, 3.63) is 18.9 Å². The second-order valence-corrected chi connectivity index (χ2v) is 15.7. The third kappa shape index (κ3) is 17.9. The summed E-state index contributed by atoms with van der Waals surface area (Å²) in [6.07, 6.45) is -3.68. The van der Waals surface area contributed by atoms with Gasteiger partial charge in [0.2, 0.25) is 0 Å². The summed E-state index contributed by atoms with van der Waals surface area (Å²) in [6, 6.07) is 0. The van der Waals surface area contributed by atoms with E-state index < -0.39 is 68.7 Å². The average molecular weight is 785 g/mol. The Kier molecular flexibility index (Phi) is 21.7. The first-order chi connectivity index (χ1) is 19.5. The van der Waals surface area contributed by atoms with Crippen molar-refractivity contribution in [1.29, 1.82) is 0 Å². The summed E-state index contributed by atoms with van der Waals surface area (Å²) in [7, 11) is 0. The number of hydrogen-bond acceptors (Lipinski definition) is 12. The zero-order chi connectivity index (χ0) is 37.3. The van der Waals surface area contributed by atoms with E-state index in [2.05, 4.69) is 0 Å². The molecule has 0 bridgehead atoms. The van der Waals surface area contributed by atoms with Crippen LogP contribution in [0.1, 0.15) is 123 Å². The maximum atomic E-state index is 11.6. The van der Waals surface area contributed by atoms with E-state index in [0.717, 1.165) is 0 Å². The van der Waals surface area contributed by atoms with Crippen LogP contribution in [0, 0.1) is 87.0 Å². The summed E-state index contributed by atoms with van der Waals surface area (Å²) in [4.78, 5) is 69.5. The predicted molar refractivity (Wildman–Crippen MR) is 165 cm³/mol. The topological polar surface area (TPSA) is 224 Å². The van der Waals surface area contributed by atoms with Crippen molar-refractivity contribution >= 4 is 34.7 Å². The van der Waals surface area contributed by atoms with Crippen molar-refractivity contribution in [2.75, 3.05) is 0 Å². The zero-order valence-electron chi connectivity index (χ0n) is 30.3. The Morgan fingerprint density at radius 1 is 0.348 bits per heavy atom. The summed E-state index contributed by atoms with van der Waals surface area (Å²) >= 11 is 0. The smallest absolute Gasteiger partial charge is 0.535 e. The minimum absolute atomic E-state index is 0. The van der Waals surface area contributed by atoms with Gasteiger partial charge in [-0.3, -0.25) is 14.4 Å². The number of rotatable bonds is 12. The fourth-order valence-corrected chi connectivity index (χ4v) is 2.27. The minimum atomic E-state index is -1.37. The summed E-state index contributed by atoms with van der Waals surface area (Å²) < 4.78 is 0. The first-order valence-electron chi connectivity index (χ1n) is 14.4. The number of aliphatic hydroxyl groups is 6. The van der Waals surface area contributed by atoms with Crippen LogP contribution in [0.15, 0.2) is 0 Å². The van der Waals surface area contributed by atoms with E-state index in [4.69, 9.17) is 30.6 Å². The fraction of sp³-hybridized carbons (Fsp3) is 0.727. The Labute approximate surface area is 302 Å². The number of carbonyl (C=O) groups excluding carboxylic acids is 6. The molecule has 0 aliphatic carbocycles. The molecule has 0 aliphatic heterocycles. The molecule has 6 N–H and O–H groups in total. The van der Waals surface area contributed by atoms with Gasteiger partial charge in [-0.1, -0.05) is 139 Å². The van der Waals surface area contributed by atoms with Crippen LogP contribution in [0.5, 0.6) is 0 Å². The van der Waals surface area contributed by atoms with Gasteiger partial charge in [-0.05, 0) is 0 Å². The first-order valence-corrected chi connectivity index (χ1v) is 14.4. The normalized spacial score (nSPS) is 12.8. The van der Waals surface area contributed by atoms with E-state index >= 15 is 0 Å². The molecular formula is C33H57LaO12. The molecule has 0 aliphatic rings. The van der Waals surface area contributed by atoms with Crippen LogP contribution in [0.4, 0.5) is 0 Å². The van der Waals surface area contributed by atoms with E-state index in [1.807, 2.05) is 0 Å². The monoisotopic (exact) mass is 784 g/mol. The molecule has 0 amide bonds. The van der Waals surface area contributed by atoms with Gasteiger partial charge in [-0.25, -0.2) is 0 Å². The molecule has 0 radical (unpaired) electrons. The second-order valence-electron chi connectivity index (χ2n) is 15.7. The molecule has 264 valence electrons. The van der Waals surface area contributed by atoms with Gasteiger partial charge >= 0.3 is 35.6 Å². The molecule has 46 heavy (non-hydrogen) atoms. The second kappa shape index (κ2) is 19.2. The van der Waals surface area contributed by atoms with Crippen molar-refractivity contribution in [3.63, 3.8) is 0 Å². The van der Waals surface area contributed by atoms with Gasteiger partial charge in [-0.2, -0.15) is 0 Å². The molecule has 0 fully saturated rings. The van der Waals surface area contributed by atoms with Gasteiger partial charge in [0.15, 0.2) is 0 Å². The predicted octanol–water partition coefficient (Wildman–Crippen LogP) is 5.46. The molecule has 0 saturated carbocycles. The quantitative estimate of drug-likeness (QED) is 0.107. The molecule has 0 heterocycles. The van der Waals surface area contributed by atoms with Gasteiger partial charge in [0.05, 0.1) is 19.3 Å². The van der Waals surface area contributed by atoms with Crippen LogP contribution in [0.3, 0.4) is 0 Å². The van der Waals surface area contributed by atoms with E-state index in [0.29, 0.717) is 0 Å². The van der Waals surface area contributed by atoms with Crippen LogP contribution < -0.4 is 0 Å². The van der Waals surface area contributed by atoms with Crippen LogP contribution in [0.25, 0.3) is 0 Å². The molecule has 0 rings (SSSR count). The Bertz CT molecular complexity index is 915. The third-order valence-corrected chi connectivity index (χ3v) is 7.24. The summed E-state index contributed by atoms with van der Waals surface area (Å²) in [5, 5.41) is 53.4. The van der Waals surface area contributed by atoms with Crippen LogP contribution in [-0.4, -0.2) is 65.3 Å². The Balaban J connectivity index is -0.000000285. The number of carbonyl (C=O) groups is 6. The van der Waals surface area contributed by atoms with Crippen molar-refractivity contribution in [1.82, 2.24) is 0 Å². The summed E-state index contributed by atoms with van der Waals surface area (Å²) in [5.74, 6) is -2.07. The standard InChI is InChI=1S/3C11H19O4.La/c3*1-10(2,3)7(12)6-8(13)11(4,5)9(14)15;/h3*14-15H,6H2,1-5H3;/q3*-1;+3. The fourth-order valence-electron chi connectivity index (χ4n) is 2.27. The maximum Gasteiger partial charge on any atom is 3.00 e. The van der Waals surface area contributed by atoms with Crippen molar-refractivity contribution in [3.8, 4) is 0 Å². The molecule has 0 aromatic carbocycles. The van der Waals surface area contributed by atoms with Crippen molar-refractivity contribution in [2.45, 2.75) is 123 Å². The van der Waals surface area contributed by atoms with E-state index in [1.54, 1.807) is 62.3 Å². The van der Waals surface area contributed by atoms with Gasteiger partial charge in [0.1, 0.15) is 34.7 Å². The number of hydrogen-bond donors (Lipinski definition) is 6. The minimum Gasteiger partial charge on any atom is -0.535 e. The van der Waals surface area contributed by atoms with Gasteiger partial charge < -0.3 is 45.0 Å². The largest absolute Gasteiger partial charge is 3.00 e. The Morgan fingerprint density at radius 3 is 0.565 bits per heavy atom. The molecule has 0 aromatic heterocycles. The SMILES string of the molecule is CC(C)(C)C(=O)CC(=O)C(C)(C)[C-](O)O.CC(C)(C)C(=O)CC(=O)C(C)(C)[C-](O)O.CC(C)(C)C(=O)CC(=O)C(C)(C)[C-](O)O.[La+3]. The van der Waals surface area contributed by atoms with E-state index in [9.17, 15) is 28.8 Å². The molecule has 0 atom stereocenters. The van der Waals surface area contributed by atoms with Gasteiger partial charge in [-0.15, -0.1) is 0 Å². The van der Waals surface area contributed by atoms with Crippen LogP contribution in [0.2, 0.25) is 0 Å². The Hall–Kier alpha value is -1.03. The van der Waals surface area contributed by atoms with Crippen molar-refractivity contribution in [2.24, 2.45) is 32.5 Å². The number of aliphatic hydroxyl groups excluding tert-OH is 3. The number of ketones is 6. The molecule has 12 nitrogen and oxygen atoms in total. The van der Waals surface area contributed by atoms with E-state index in [1.165, 1.54) is 41.5 Å². The van der Waals surface area contributed by atoms with Crippen molar-refractivity contribution < 1.29 is 95.0 Å². The van der Waals surface area contributed by atoms with E-state index in [-0.39, 0.29) is 72.2 Å². The number of Topliss-reactive ketones (excluding diaryl/α,β-unsaturated/α-hetero) is 6. The molecule has 0 aromatic rings. The zero-order valence-corrected chi connectivity index (χ0v) is 34.0. The first kappa shape index (κ1) is 51.8. The van der Waals surface area contributed by atoms with Gasteiger partial charge in [0, 0.05) is 16.2 Å². The van der Waals surface area contributed by atoms with Crippen LogP contribution >= 0.6 is 0 Å². The summed E-state index contributed by atoms with van der Waals surface area (Å²) in [5.41, 5.74) is -5.88. The average Bonchev–Trinajstić information content (AvgIpc) is 2.82. The van der Waals surface area contributed by atoms with Gasteiger partial charge in [0.25, 0.3) is 0 Å². The summed E-state index contributed by atoms with van der Waals surface area (Å²) in [6.45, 7) is 23.7. The molecule has 13 heteroatoms.